The van der Waals surface area contributed by atoms with Gasteiger partial charge in [0.1, 0.15) is 12.1 Å². The molecule has 0 unspecified atom stereocenters. The van der Waals surface area contributed by atoms with Crippen LogP contribution in [-0.4, -0.2) is 25.7 Å². The molecule has 0 fully saturated rings. The minimum Gasteiger partial charge on any atom is -0.340 e. The molecule has 0 spiro atoms. The normalized spacial score (nSPS) is 10.5. The maximum atomic E-state index is 12.3. The van der Waals surface area contributed by atoms with E-state index in [2.05, 4.69) is 48.3 Å². The van der Waals surface area contributed by atoms with Crippen LogP contribution in [0.25, 0.3) is 5.82 Å². The van der Waals surface area contributed by atoms with Gasteiger partial charge in [0.2, 0.25) is 0 Å². The number of aromatic nitrogens is 4. The van der Waals surface area contributed by atoms with Crippen molar-refractivity contribution in [1.29, 1.82) is 0 Å². The highest BCUT2D eigenvalue weighted by Gasteiger charge is 2.07. The van der Waals surface area contributed by atoms with E-state index in [-0.39, 0.29) is 5.91 Å². The van der Waals surface area contributed by atoms with Crippen LogP contribution in [0.5, 0.6) is 0 Å². The summed E-state index contributed by atoms with van der Waals surface area (Å²) in [4.78, 5) is 20.8. The summed E-state index contributed by atoms with van der Waals surface area (Å²) in [6.07, 6.45) is 4.99. The van der Waals surface area contributed by atoms with Gasteiger partial charge in [-0.3, -0.25) is 4.79 Å². The van der Waals surface area contributed by atoms with Crippen molar-refractivity contribution in [3.8, 4) is 5.82 Å². The van der Waals surface area contributed by atoms with Gasteiger partial charge in [0.05, 0.1) is 0 Å². The largest absolute Gasteiger partial charge is 0.340 e. The Bertz CT molecular complexity index is 1100. The molecule has 0 saturated carbocycles. The molecule has 2 aromatic heterocycles. The first kappa shape index (κ1) is 18.1. The lowest BCUT2D eigenvalue weighted by molar-refractivity contribution is 0.102. The van der Waals surface area contributed by atoms with Crippen LogP contribution in [0.1, 0.15) is 10.4 Å². The van der Waals surface area contributed by atoms with Gasteiger partial charge in [-0.05, 0) is 71.1 Å². The monoisotopic (exact) mass is 482 g/mol. The summed E-state index contributed by atoms with van der Waals surface area (Å²) in [7, 11) is 0. The van der Waals surface area contributed by atoms with Gasteiger partial charge in [-0.15, -0.1) is 0 Å². The molecule has 8 heteroatoms. The van der Waals surface area contributed by atoms with Crippen molar-refractivity contribution >= 4 is 45.7 Å². The Morgan fingerprint density at radius 1 is 0.964 bits per heavy atom. The Morgan fingerprint density at radius 2 is 1.79 bits per heavy atom. The third-order valence-electron chi connectivity index (χ3n) is 3.89. The molecule has 138 valence electrons. The molecule has 4 aromatic rings. The second-order valence-corrected chi connectivity index (χ2v) is 7.12. The second-order valence-electron chi connectivity index (χ2n) is 5.88. The van der Waals surface area contributed by atoms with E-state index in [1.54, 1.807) is 23.0 Å². The number of benzene rings is 2. The summed E-state index contributed by atoms with van der Waals surface area (Å²) in [6, 6.07) is 18.5. The van der Waals surface area contributed by atoms with Gasteiger partial charge in [0.25, 0.3) is 5.91 Å². The molecule has 0 aliphatic heterocycles. The lowest BCUT2D eigenvalue weighted by Gasteiger charge is -2.09. The van der Waals surface area contributed by atoms with E-state index < -0.39 is 0 Å². The van der Waals surface area contributed by atoms with Crippen molar-refractivity contribution in [2.75, 3.05) is 10.6 Å². The third-order valence-corrected chi connectivity index (χ3v) is 4.56. The molecule has 0 atom stereocenters. The van der Waals surface area contributed by atoms with E-state index in [1.807, 2.05) is 54.7 Å². The van der Waals surface area contributed by atoms with Crippen LogP contribution in [0.3, 0.4) is 0 Å². The van der Waals surface area contributed by atoms with Crippen molar-refractivity contribution < 1.29 is 4.79 Å². The van der Waals surface area contributed by atoms with Crippen LogP contribution in [-0.2, 0) is 0 Å². The molecule has 0 aliphatic carbocycles. The van der Waals surface area contributed by atoms with Crippen LogP contribution < -0.4 is 10.6 Å². The number of hydrogen-bond acceptors (Lipinski definition) is 5. The number of hydrogen-bond donors (Lipinski definition) is 2. The van der Waals surface area contributed by atoms with Crippen LogP contribution in [0, 0.1) is 3.57 Å². The zero-order valence-corrected chi connectivity index (χ0v) is 16.7. The van der Waals surface area contributed by atoms with E-state index in [4.69, 9.17) is 0 Å². The van der Waals surface area contributed by atoms with Crippen LogP contribution >= 0.6 is 22.6 Å². The molecule has 1 amide bonds. The molecule has 2 N–H and O–H groups in total. The number of carbonyl (C=O) groups excluding carboxylic acids is 1. The number of nitrogens with one attached hydrogen (secondary N) is 2. The van der Waals surface area contributed by atoms with E-state index in [0.29, 0.717) is 22.9 Å². The maximum Gasteiger partial charge on any atom is 0.255 e. The number of anilines is 3. The quantitative estimate of drug-likeness (QED) is 0.416. The van der Waals surface area contributed by atoms with E-state index in [9.17, 15) is 4.79 Å². The van der Waals surface area contributed by atoms with Gasteiger partial charge in [-0.1, -0.05) is 6.07 Å². The fourth-order valence-electron chi connectivity index (χ4n) is 2.56. The van der Waals surface area contributed by atoms with Gasteiger partial charge in [0, 0.05) is 39.0 Å². The average molecular weight is 482 g/mol. The minimum atomic E-state index is -0.140. The first-order valence-corrected chi connectivity index (χ1v) is 9.51. The number of amides is 1. The Balaban J connectivity index is 1.44. The van der Waals surface area contributed by atoms with Gasteiger partial charge in [0.15, 0.2) is 5.82 Å². The average Bonchev–Trinajstić information content (AvgIpc) is 3.25. The maximum absolute atomic E-state index is 12.3. The predicted molar refractivity (Wildman–Crippen MR) is 116 cm³/mol. The molecule has 0 aliphatic rings. The molecule has 0 bridgehead atoms. The molecule has 2 heterocycles. The highest BCUT2D eigenvalue weighted by atomic mass is 127. The fraction of sp³-hybridized carbons (Fsp3) is 0. The zero-order chi connectivity index (χ0) is 19.3. The summed E-state index contributed by atoms with van der Waals surface area (Å²) >= 11 is 2.19. The summed E-state index contributed by atoms with van der Waals surface area (Å²) in [5.74, 6) is 1.18. The number of halogens is 1. The highest BCUT2D eigenvalue weighted by Crippen LogP contribution is 2.19. The smallest absolute Gasteiger partial charge is 0.255 e. The molecule has 4 rings (SSSR count). The van der Waals surface area contributed by atoms with Crippen LogP contribution in [0.2, 0.25) is 0 Å². The van der Waals surface area contributed by atoms with Gasteiger partial charge < -0.3 is 10.6 Å². The predicted octanol–water partition coefficient (Wildman–Crippen LogP) is 4.26. The van der Waals surface area contributed by atoms with Crippen molar-refractivity contribution in [3.05, 3.63) is 88.5 Å². The molecular formula is C20H15IN6O. The molecule has 2 aromatic carbocycles. The van der Waals surface area contributed by atoms with Crippen molar-refractivity contribution in [2.45, 2.75) is 0 Å². The SMILES string of the molecule is O=C(Nc1ccc(Nc2cc(-n3cccn3)ncn2)cc1)c1cccc(I)c1. The van der Waals surface area contributed by atoms with Gasteiger partial charge in [-0.25, -0.2) is 14.6 Å². The Kier molecular flexibility index (Phi) is 5.29. The molecule has 0 radical (unpaired) electrons. The molecular weight excluding hydrogens is 467 g/mol. The Hall–Kier alpha value is -3.27. The van der Waals surface area contributed by atoms with E-state index in [0.717, 1.165) is 9.26 Å². The molecule has 28 heavy (non-hydrogen) atoms. The van der Waals surface area contributed by atoms with Crippen molar-refractivity contribution in [1.82, 2.24) is 19.7 Å². The zero-order valence-electron chi connectivity index (χ0n) is 14.6. The summed E-state index contributed by atoms with van der Waals surface area (Å²) in [6.45, 7) is 0. The number of rotatable bonds is 5. The van der Waals surface area contributed by atoms with Crippen LogP contribution in [0.4, 0.5) is 17.2 Å². The first-order valence-electron chi connectivity index (χ1n) is 8.43. The summed E-state index contributed by atoms with van der Waals surface area (Å²) < 4.78 is 2.68. The molecule has 0 saturated heterocycles. The van der Waals surface area contributed by atoms with Gasteiger partial charge >= 0.3 is 0 Å². The number of nitrogens with zero attached hydrogens (tertiary/aromatic N) is 4. The third kappa shape index (κ3) is 4.34. The Morgan fingerprint density at radius 3 is 2.54 bits per heavy atom. The van der Waals surface area contributed by atoms with E-state index >= 15 is 0 Å². The second kappa shape index (κ2) is 8.17. The highest BCUT2D eigenvalue weighted by molar-refractivity contribution is 14.1. The Labute approximate surface area is 175 Å². The standard InChI is InChI=1S/C20H15IN6O/c21-15-4-1-3-14(11-15)20(28)26-17-7-5-16(6-8-17)25-18-12-19(23-13-22-18)27-10-2-9-24-27/h1-13H,(H,26,28)(H,22,23,25). The minimum absolute atomic E-state index is 0.140. The lowest BCUT2D eigenvalue weighted by atomic mass is 10.2. The first-order chi connectivity index (χ1) is 13.7. The van der Waals surface area contributed by atoms with Gasteiger partial charge in [-0.2, -0.15) is 5.10 Å². The topological polar surface area (TPSA) is 84.7 Å². The van der Waals surface area contributed by atoms with Crippen molar-refractivity contribution in [3.63, 3.8) is 0 Å². The lowest BCUT2D eigenvalue weighted by Crippen LogP contribution is -2.11. The molecule has 7 nitrogen and oxygen atoms in total. The van der Waals surface area contributed by atoms with E-state index in [1.165, 1.54) is 6.33 Å². The van der Waals surface area contributed by atoms with Crippen molar-refractivity contribution in [2.24, 2.45) is 0 Å². The van der Waals surface area contributed by atoms with Crippen LogP contribution in [0.15, 0.2) is 79.4 Å². The number of carbonyl (C=O) groups is 1. The summed E-state index contributed by atoms with van der Waals surface area (Å²) in [5.41, 5.74) is 2.19. The summed E-state index contributed by atoms with van der Waals surface area (Å²) in [5, 5.41) is 10.3. The fourth-order valence-corrected chi connectivity index (χ4v) is 3.11.